The van der Waals surface area contributed by atoms with Crippen molar-refractivity contribution in [2.75, 3.05) is 33.6 Å². The molecule has 1 aromatic rings. The molecule has 0 radical (unpaired) electrons. The van der Waals surface area contributed by atoms with Crippen LogP contribution in [0.2, 0.25) is 0 Å². The summed E-state index contributed by atoms with van der Waals surface area (Å²) in [4.78, 5) is 4.23. The summed E-state index contributed by atoms with van der Waals surface area (Å²) >= 11 is 0. The first-order valence-corrected chi connectivity index (χ1v) is 8.80. The molecule has 2 aliphatic rings. The van der Waals surface area contributed by atoms with Crippen molar-refractivity contribution < 1.29 is 18.6 Å². The lowest BCUT2D eigenvalue weighted by molar-refractivity contribution is -0.0172. The zero-order valence-corrected chi connectivity index (χ0v) is 17.4. The van der Waals surface area contributed by atoms with Gasteiger partial charge in [-0.15, -0.1) is 24.0 Å². The molecule has 146 valence electrons. The molecule has 0 atom stereocenters. The lowest BCUT2D eigenvalue weighted by Crippen LogP contribution is -2.38. The molecule has 2 heterocycles. The fourth-order valence-corrected chi connectivity index (χ4v) is 3.22. The third-order valence-electron chi connectivity index (χ3n) is 4.61. The average molecular weight is 479 g/mol. The Morgan fingerprint density at radius 1 is 1.23 bits per heavy atom. The molecule has 0 spiro atoms. The number of nitrogens with zero attached hydrogens (tertiary/aromatic N) is 1. The number of guanidine groups is 1. The lowest BCUT2D eigenvalue weighted by atomic mass is 9.97. The maximum Gasteiger partial charge on any atom is 0.191 e. The number of hydrogen-bond acceptors (Lipinski definition) is 4. The van der Waals surface area contributed by atoms with Crippen LogP contribution in [-0.4, -0.2) is 39.6 Å². The molecule has 0 aromatic heterocycles. The highest BCUT2D eigenvalue weighted by Crippen LogP contribution is 2.29. The van der Waals surface area contributed by atoms with E-state index in [1.54, 1.807) is 7.05 Å². The number of halogens is 2. The van der Waals surface area contributed by atoms with E-state index in [1.807, 2.05) is 0 Å². The topological polar surface area (TPSA) is 64.1 Å². The highest BCUT2D eigenvalue weighted by atomic mass is 127. The molecule has 1 aromatic carbocycles. The van der Waals surface area contributed by atoms with Crippen molar-refractivity contribution in [2.45, 2.75) is 32.4 Å². The van der Waals surface area contributed by atoms with E-state index in [0.717, 1.165) is 50.1 Å². The van der Waals surface area contributed by atoms with Gasteiger partial charge in [0.15, 0.2) is 12.8 Å². The minimum absolute atomic E-state index is 0. The van der Waals surface area contributed by atoms with Gasteiger partial charge < -0.3 is 24.8 Å². The quantitative estimate of drug-likeness (QED) is 0.387. The Kier molecular flexibility index (Phi) is 8.86. The van der Waals surface area contributed by atoms with Gasteiger partial charge in [-0.2, -0.15) is 0 Å². The number of hydrogen-bond donors (Lipinski definition) is 2. The number of ether oxygens (including phenoxy) is 3. The highest BCUT2D eigenvalue weighted by molar-refractivity contribution is 14.0. The summed E-state index contributed by atoms with van der Waals surface area (Å²) in [5.41, 5.74) is 1.51. The molecule has 26 heavy (non-hydrogen) atoms. The lowest BCUT2D eigenvalue weighted by Gasteiger charge is -2.23. The average Bonchev–Trinajstić information content (AvgIpc) is 2.65. The van der Waals surface area contributed by atoms with Crippen molar-refractivity contribution in [2.24, 2.45) is 10.9 Å². The fourth-order valence-electron chi connectivity index (χ4n) is 3.22. The van der Waals surface area contributed by atoms with Crippen LogP contribution in [0, 0.1) is 11.7 Å². The van der Waals surface area contributed by atoms with Crippen LogP contribution in [0.4, 0.5) is 4.39 Å². The van der Waals surface area contributed by atoms with Crippen LogP contribution in [0.3, 0.4) is 0 Å². The van der Waals surface area contributed by atoms with Crippen molar-refractivity contribution in [3.63, 3.8) is 0 Å². The summed E-state index contributed by atoms with van der Waals surface area (Å²) in [7, 11) is 1.73. The highest BCUT2D eigenvalue weighted by Gasteiger charge is 2.17. The molecule has 2 N–H and O–H groups in total. The Labute approximate surface area is 170 Å². The van der Waals surface area contributed by atoms with Crippen LogP contribution in [0.5, 0.6) is 5.75 Å². The van der Waals surface area contributed by atoms with Crippen LogP contribution in [0.25, 0.3) is 0 Å². The molecule has 6 nitrogen and oxygen atoms in total. The Bertz CT molecular complexity index is 610. The number of nitrogens with one attached hydrogen (secondary N) is 2. The smallest absolute Gasteiger partial charge is 0.191 e. The molecule has 3 rings (SSSR count). The summed E-state index contributed by atoms with van der Waals surface area (Å²) in [6.45, 7) is 3.60. The number of fused-ring (bicyclic) bond motifs is 1. The van der Waals surface area contributed by atoms with Crippen molar-refractivity contribution >= 4 is 29.9 Å². The fraction of sp³-hybridized carbons (Fsp3) is 0.611. The summed E-state index contributed by atoms with van der Waals surface area (Å²) in [6.07, 6.45) is 3.35. The largest absolute Gasteiger partial charge is 0.467 e. The summed E-state index contributed by atoms with van der Waals surface area (Å²) < 4.78 is 29.9. The van der Waals surface area contributed by atoms with E-state index >= 15 is 0 Å². The minimum Gasteiger partial charge on any atom is -0.467 e. The number of benzene rings is 1. The van der Waals surface area contributed by atoms with E-state index in [4.69, 9.17) is 14.2 Å². The zero-order valence-electron chi connectivity index (χ0n) is 15.1. The molecule has 0 bridgehead atoms. The van der Waals surface area contributed by atoms with Crippen molar-refractivity contribution in [1.82, 2.24) is 10.6 Å². The van der Waals surface area contributed by atoms with Crippen LogP contribution >= 0.6 is 24.0 Å². The Morgan fingerprint density at radius 2 is 2.04 bits per heavy atom. The SMILES string of the molecule is CN=C(NCCC1CCOCC1)NCc1cc(F)cc2c1OCOC2.I. The minimum atomic E-state index is -0.285. The molecule has 0 saturated carbocycles. The second-order valence-electron chi connectivity index (χ2n) is 6.36. The van der Waals surface area contributed by atoms with E-state index < -0.39 is 0 Å². The molecule has 0 aliphatic carbocycles. The molecule has 0 amide bonds. The molecular formula is C18H27FIN3O3. The predicted molar refractivity (Wildman–Crippen MR) is 108 cm³/mol. The Morgan fingerprint density at radius 3 is 2.81 bits per heavy atom. The standard InChI is InChI=1S/C18H26FN3O3.HI/c1-20-18(21-5-2-13-3-6-23-7-4-13)22-10-14-8-16(19)9-15-11-24-12-25-17(14)15;/h8-9,13H,2-7,10-12H2,1H3,(H2,20,21,22);1H. The van der Waals surface area contributed by atoms with Gasteiger partial charge in [0.2, 0.25) is 0 Å². The molecule has 1 saturated heterocycles. The van der Waals surface area contributed by atoms with Crippen molar-refractivity contribution in [1.29, 1.82) is 0 Å². The summed E-state index contributed by atoms with van der Waals surface area (Å²) in [5.74, 6) is 1.84. The second kappa shape index (κ2) is 10.9. The first-order valence-electron chi connectivity index (χ1n) is 8.80. The van der Waals surface area contributed by atoms with Crippen LogP contribution in [0.1, 0.15) is 30.4 Å². The third kappa shape index (κ3) is 5.95. The molecule has 2 aliphatic heterocycles. The van der Waals surface area contributed by atoms with Gasteiger partial charge in [-0.05, 0) is 37.3 Å². The molecular weight excluding hydrogens is 452 g/mol. The van der Waals surface area contributed by atoms with E-state index in [0.29, 0.717) is 30.8 Å². The van der Waals surface area contributed by atoms with E-state index in [1.165, 1.54) is 12.1 Å². The maximum atomic E-state index is 13.8. The second-order valence-corrected chi connectivity index (χ2v) is 6.36. The van der Waals surface area contributed by atoms with E-state index in [2.05, 4.69) is 15.6 Å². The zero-order chi connectivity index (χ0) is 17.5. The first kappa shape index (κ1) is 21.2. The van der Waals surface area contributed by atoms with Gasteiger partial charge >= 0.3 is 0 Å². The summed E-state index contributed by atoms with van der Waals surface area (Å²) in [6, 6.07) is 2.95. The van der Waals surface area contributed by atoms with Gasteiger partial charge in [-0.1, -0.05) is 0 Å². The van der Waals surface area contributed by atoms with E-state index in [9.17, 15) is 4.39 Å². The molecule has 1 fully saturated rings. The Hall–Kier alpha value is -1.13. The molecule has 0 unspecified atom stereocenters. The molecule has 8 heteroatoms. The van der Waals surface area contributed by atoms with Gasteiger partial charge in [-0.3, -0.25) is 4.99 Å². The summed E-state index contributed by atoms with van der Waals surface area (Å²) in [5, 5.41) is 6.55. The van der Waals surface area contributed by atoms with Crippen LogP contribution < -0.4 is 15.4 Å². The van der Waals surface area contributed by atoms with Crippen LogP contribution in [-0.2, 0) is 22.6 Å². The number of rotatable bonds is 5. The van der Waals surface area contributed by atoms with Crippen molar-refractivity contribution in [3.8, 4) is 5.75 Å². The maximum absolute atomic E-state index is 13.8. The van der Waals surface area contributed by atoms with Gasteiger partial charge in [0.05, 0.1) is 6.61 Å². The van der Waals surface area contributed by atoms with Gasteiger partial charge in [0, 0.05) is 44.5 Å². The Balaban J connectivity index is 0.00000243. The van der Waals surface area contributed by atoms with Gasteiger partial charge in [-0.25, -0.2) is 4.39 Å². The van der Waals surface area contributed by atoms with Crippen LogP contribution in [0.15, 0.2) is 17.1 Å². The third-order valence-corrected chi connectivity index (χ3v) is 4.61. The predicted octanol–water partition coefficient (Wildman–Crippen LogP) is 2.79. The monoisotopic (exact) mass is 479 g/mol. The first-order chi connectivity index (χ1) is 12.3. The van der Waals surface area contributed by atoms with Crippen molar-refractivity contribution in [3.05, 3.63) is 29.1 Å². The van der Waals surface area contributed by atoms with Gasteiger partial charge in [0.25, 0.3) is 0 Å². The van der Waals surface area contributed by atoms with Gasteiger partial charge in [0.1, 0.15) is 11.6 Å². The number of aliphatic imine (C=N–C) groups is 1. The van der Waals surface area contributed by atoms with E-state index in [-0.39, 0.29) is 36.6 Å². The normalized spacial score (nSPS) is 17.7.